The van der Waals surface area contributed by atoms with Gasteiger partial charge < -0.3 is 15.2 Å². The number of aryl methyl sites for hydroxylation is 1. The number of hydrogen-bond donors (Lipinski definition) is 2. The number of para-hydroxylation sites is 2. The highest BCUT2D eigenvalue weighted by atomic mass is 16.5. The molecule has 0 aliphatic carbocycles. The minimum Gasteiger partial charge on any atom is -0.508 e. The van der Waals surface area contributed by atoms with Crippen molar-refractivity contribution in [2.24, 2.45) is 0 Å². The molecule has 0 bridgehead atoms. The zero-order chi connectivity index (χ0) is 15.2. The van der Waals surface area contributed by atoms with Crippen molar-refractivity contribution >= 4 is 11.6 Å². The molecule has 0 aliphatic rings. The molecule has 5 nitrogen and oxygen atoms in total. The summed E-state index contributed by atoms with van der Waals surface area (Å²) >= 11 is 0. The minimum absolute atomic E-state index is 0.0921. The third kappa shape index (κ3) is 3.51. The van der Waals surface area contributed by atoms with E-state index < -0.39 is 0 Å². The summed E-state index contributed by atoms with van der Waals surface area (Å²) in [5, 5.41) is 20.7. The molecule has 0 spiro atoms. The van der Waals surface area contributed by atoms with E-state index in [2.05, 4.69) is 5.32 Å². The molecule has 0 aliphatic heterocycles. The van der Waals surface area contributed by atoms with Crippen LogP contribution in [0, 0.1) is 18.3 Å². The molecule has 1 amide bonds. The lowest BCUT2D eigenvalue weighted by molar-refractivity contribution is 0.102. The van der Waals surface area contributed by atoms with Gasteiger partial charge in [0.15, 0.2) is 6.61 Å². The molecule has 0 fully saturated rings. The number of nitrogens with zero attached hydrogens (tertiary/aromatic N) is 1. The van der Waals surface area contributed by atoms with Crippen LogP contribution in [0.1, 0.15) is 15.9 Å². The molecule has 5 heteroatoms. The maximum absolute atomic E-state index is 12.3. The van der Waals surface area contributed by atoms with Crippen molar-refractivity contribution < 1.29 is 14.6 Å². The molecule has 106 valence electrons. The Kier molecular flexibility index (Phi) is 4.42. The van der Waals surface area contributed by atoms with Crippen LogP contribution in [0.2, 0.25) is 0 Å². The van der Waals surface area contributed by atoms with Gasteiger partial charge in [-0.2, -0.15) is 5.26 Å². The van der Waals surface area contributed by atoms with Crippen molar-refractivity contribution in [1.29, 1.82) is 5.26 Å². The highest BCUT2D eigenvalue weighted by Crippen LogP contribution is 2.25. The highest BCUT2D eigenvalue weighted by Gasteiger charge is 2.12. The van der Waals surface area contributed by atoms with E-state index in [4.69, 9.17) is 10.00 Å². The second kappa shape index (κ2) is 6.44. The number of ether oxygens (including phenoxy) is 1. The molecule has 2 aromatic carbocycles. The first-order valence-corrected chi connectivity index (χ1v) is 6.31. The topological polar surface area (TPSA) is 82.3 Å². The van der Waals surface area contributed by atoms with Gasteiger partial charge in [-0.3, -0.25) is 4.79 Å². The standard InChI is InChI=1S/C16H14N2O3/c1-11-10-12(19)6-7-13(11)16(20)18-14-4-2-3-5-15(14)21-9-8-17/h2-7,10,19H,9H2,1H3,(H,18,20). The van der Waals surface area contributed by atoms with Crippen LogP contribution in [0.4, 0.5) is 5.69 Å². The van der Waals surface area contributed by atoms with Crippen LogP contribution < -0.4 is 10.1 Å². The Morgan fingerprint density at radius 1 is 1.33 bits per heavy atom. The summed E-state index contributed by atoms with van der Waals surface area (Å²) < 4.78 is 5.26. The molecule has 0 unspecified atom stereocenters. The number of rotatable bonds is 4. The first kappa shape index (κ1) is 14.4. The molecular formula is C16H14N2O3. The van der Waals surface area contributed by atoms with Crippen molar-refractivity contribution in [1.82, 2.24) is 0 Å². The quantitative estimate of drug-likeness (QED) is 0.903. The lowest BCUT2D eigenvalue weighted by atomic mass is 10.1. The van der Waals surface area contributed by atoms with E-state index in [1.165, 1.54) is 12.1 Å². The summed E-state index contributed by atoms with van der Waals surface area (Å²) in [6, 6.07) is 13.3. The number of nitriles is 1. The van der Waals surface area contributed by atoms with Crippen LogP contribution in [-0.4, -0.2) is 17.6 Å². The van der Waals surface area contributed by atoms with E-state index in [1.54, 1.807) is 37.3 Å². The Labute approximate surface area is 122 Å². The van der Waals surface area contributed by atoms with E-state index >= 15 is 0 Å². The number of phenols is 1. The van der Waals surface area contributed by atoms with E-state index in [1.807, 2.05) is 6.07 Å². The van der Waals surface area contributed by atoms with Gasteiger partial charge >= 0.3 is 0 Å². The van der Waals surface area contributed by atoms with Crippen molar-refractivity contribution in [2.45, 2.75) is 6.92 Å². The number of amides is 1. The molecule has 0 heterocycles. The summed E-state index contributed by atoms with van der Waals surface area (Å²) in [5.41, 5.74) is 1.62. The SMILES string of the molecule is Cc1cc(O)ccc1C(=O)Nc1ccccc1OCC#N. The Hall–Kier alpha value is -3.00. The Balaban J connectivity index is 2.22. The molecule has 0 saturated carbocycles. The van der Waals surface area contributed by atoms with Crippen LogP contribution in [-0.2, 0) is 0 Å². The van der Waals surface area contributed by atoms with Crippen LogP contribution >= 0.6 is 0 Å². The summed E-state index contributed by atoms with van der Waals surface area (Å²) in [4.78, 5) is 12.3. The largest absolute Gasteiger partial charge is 0.508 e. The van der Waals surface area contributed by atoms with Gasteiger partial charge in [-0.15, -0.1) is 0 Å². The lowest BCUT2D eigenvalue weighted by Crippen LogP contribution is -2.14. The maximum atomic E-state index is 12.3. The molecule has 2 N–H and O–H groups in total. The van der Waals surface area contributed by atoms with Crippen molar-refractivity contribution in [3.8, 4) is 17.6 Å². The smallest absolute Gasteiger partial charge is 0.256 e. The van der Waals surface area contributed by atoms with Gasteiger partial charge in [0.05, 0.1) is 5.69 Å². The molecular weight excluding hydrogens is 268 g/mol. The summed E-state index contributed by atoms with van der Waals surface area (Å²) in [7, 11) is 0. The molecule has 21 heavy (non-hydrogen) atoms. The second-order valence-corrected chi connectivity index (χ2v) is 4.40. The molecule has 0 aromatic heterocycles. The van der Waals surface area contributed by atoms with Gasteiger partial charge in [-0.1, -0.05) is 12.1 Å². The summed E-state index contributed by atoms with van der Waals surface area (Å²) in [6.07, 6.45) is 0. The van der Waals surface area contributed by atoms with Crippen LogP contribution in [0.25, 0.3) is 0 Å². The maximum Gasteiger partial charge on any atom is 0.256 e. The van der Waals surface area contributed by atoms with Gasteiger partial charge in [-0.25, -0.2) is 0 Å². The van der Waals surface area contributed by atoms with Crippen molar-refractivity contribution in [3.63, 3.8) is 0 Å². The number of aromatic hydroxyl groups is 1. The van der Waals surface area contributed by atoms with Crippen molar-refractivity contribution in [3.05, 3.63) is 53.6 Å². The number of anilines is 1. The monoisotopic (exact) mass is 282 g/mol. The number of hydrogen-bond acceptors (Lipinski definition) is 4. The van der Waals surface area contributed by atoms with Gasteiger partial charge in [0.2, 0.25) is 0 Å². The van der Waals surface area contributed by atoms with Gasteiger partial charge in [0.1, 0.15) is 17.6 Å². The fourth-order valence-corrected chi connectivity index (χ4v) is 1.90. The number of nitrogens with one attached hydrogen (secondary N) is 1. The zero-order valence-corrected chi connectivity index (χ0v) is 11.5. The third-order valence-electron chi connectivity index (χ3n) is 2.88. The van der Waals surface area contributed by atoms with Gasteiger partial charge in [0.25, 0.3) is 5.91 Å². The normalized spacial score (nSPS) is 9.71. The Morgan fingerprint density at radius 2 is 2.10 bits per heavy atom. The first-order valence-electron chi connectivity index (χ1n) is 6.31. The number of benzene rings is 2. The molecule has 2 rings (SSSR count). The van der Waals surface area contributed by atoms with E-state index in [0.717, 1.165) is 0 Å². The first-order chi connectivity index (χ1) is 10.1. The van der Waals surface area contributed by atoms with E-state index in [0.29, 0.717) is 22.6 Å². The van der Waals surface area contributed by atoms with Crippen molar-refractivity contribution in [2.75, 3.05) is 11.9 Å². The molecule has 0 atom stereocenters. The zero-order valence-electron chi connectivity index (χ0n) is 11.5. The minimum atomic E-state index is -0.305. The van der Waals surface area contributed by atoms with Gasteiger partial charge in [0, 0.05) is 5.56 Å². The number of carbonyl (C=O) groups excluding carboxylic acids is 1. The fraction of sp³-hybridized carbons (Fsp3) is 0.125. The van der Waals surface area contributed by atoms with Crippen LogP contribution in [0.3, 0.4) is 0 Å². The summed E-state index contributed by atoms with van der Waals surface area (Å²) in [5.74, 6) is 0.242. The number of phenolic OH excluding ortho intramolecular Hbond substituents is 1. The molecule has 0 radical (unpaired) electrons. The van der Waals surface area contributed by atoms with Gasteiger partial charge in [-0.05, 0) is 42.8 Å². The van der Waals surface area contributed by atoms with Crippen LogP contribution in [0.15, 0.2) is 42.5 Å². The molecule has 2 aromatic rings. The lowest BCUT2D eigenvalue weighted by Gasteiger charge is -2.11. The third-order valence-corrected chi connectivity index (χ3v) is 2.88. The fourth-order valence-electron chi connectivity index (χ4n) is 1.90. The Morgan fingerprint density at radius 3 is 2.81 bits per heavy atom. The Bertz CT molecular complexity index is 705. The summed E-state index contributed by atoms with van der Waals surface area (Å²) in [6.45, 7) is 1.65. The van der Waals surface area contributed by atoms with E-state index in [-0.39, 0.29) is 18.3 Å². The average Bonchev–Trinajstić information content (AvgIpc) is 2.46. The van der Waals surface area contributed by atoms with E-state index in [9.17, 15) is 9.90 Å². The number of carbonyl (C=O) groups is 1. The highest BCUT2D eigenvalue weighted by molar-refractivity contribution is 6.06. The predicted molar refractivity (Wildman–Crippen MR) is 78.3 cm³/mol. The average molecular weight is 282 g/mol. The second-order valence-electron chi connectivity index (χ2n) is 4.40. The van der Waals surface area contributed by atoms with Crippen LogP contribution in [0.5, 0.6) is 11.5 Å². The predicted octanol–water partition coefficient (Wildman–Crippen LogP) is 2.86. The molecule has 0 saturated heterocycles.